The van der Waals surface area contributed by atoms with Gasteiger partial charge in [0, 0.05) is 26.2 Å². The van der Waals surface area contributed by atoms with E-state index in [2.05, 4.69) is 15.2 Å². The summed E-state index contributed by atoms with van der Waals surface area (Å²) < 4.78 is 91.1. The van der Waals surface area contributed by atoms with E-state index in [1.165, 1.54) is 0 Å². The first-order chi connectivity index (χ1) is 13.0. The molecule has 0 atom stereocenters. The predicted octanol–water partition coefficient (Wildman–Crippen LogP) is 1.25. The number of sulfonamides is 1. The highest BCUT2D eigenvalue weighted by Gasteiger charge is 2.37. The second-order valence-corrected chi connectivity index (χ2v) is 7.65. The van der Waals surface area contributed by atoms with E-state index in [1.54, 1.807) is 0 Å². The number of benzene rings is 1. The van der Waals surface area contributed by atoms with Crippen LogP contribution in [0.2, 0.25) is 0 Å². The smallest absolute Gasteiger partial charge is 0.336 e. The molecule has 28 heavy (non-hydrogen) atoms. The molecule has 1 fully saturated rings. The lowest BCUT2D eigenvalue weighted by molar-refractivity contribution is -0.140. The van der Waals surface area contributed by atoms with Crippen molar-refractivity contribution in [1.29, 1.82) is 0 Å². The van der Waals surface area contributed by atoms with E-state index in [4.69, 9.17) is 0 Å². The molecule has 3 rings (SSSR count). The Morgan fingerprint density at radius 2 is 1.71 bits per heavy atom. The van der Waals surface area contributed by atoms with Gasteiger partial charge < -0.3 is 4.90 Å². The van der Waals surface area contributed by atoms with Gasteiger partial charge in [0.25, 0.3) is 21.1 Å². The zero-order chi connectivity index (χ0) is 20.7. The number of hydrogen-bond donors (Lipinski definition) is 1. The van der Waals surface area contributed by atoms with Gasteiger partial charge in [-0.15, -0.1) is 0 Å². The molecule has 0 aliphatic carbocycles. The Balaban J connectivity index is 1.75. The van der Waals surface area contributed by atoms with E-state index in [0.717, 1.165) is 15.5 Å². The number of nitrogens with zero attached hydrogens (tertiary/aromatic N) is 4. The number of halogens is 5. The van der Waals surface area contributed by atoms with Gasteiger partial charge in [-0.3, -0.25) is 4.79 Å². The maximum Gasteiger partial charge on any atom is 0.419 e. The average molecular weight is 425 g/mol. The van der Waals surface area contributed by atoms with E-state index in [9.17, 15) is 35.2 Å². The first-order valence-corrected chi connectivity index (χ1v) is 9.17. The summed E-state index contributed by atoms with van der Waals surface area (Å²) in [5.41, 5.74) is -2.68. The molecule has 0 radical (unpaired) electrons. The van der Waals surface area contributed by atoms with Gasteiger partial charge in [-0.25, -0.2) is 27.3 Å². The summed E-state index contributed by atoms with van der Waals surface area (Å²) in [7, 11) is -3.96. The standard InChI is InChI=1S/C14H12F5N5O3S/c15-10-6-9(14(17,18)19)11(16)5-8(10)12(25)23-1-3-24(4-2-23)28(26,27)13-20-7-21-22-13/h5-7H,1-4H2,(H,20,21,22). The minimum absolute atomic E-state index is 0.0762. The van der Waals surface area contributed by atoms with Crippen molar-refractivity contribution >= 4 is 15.9 Å². The highest BCUT2D eigenvalue weighted by molar-refractivity contribution is 7.88. The molecule has 1 aromatic carbocycles. The van der Waals surface area contributed by atoms with Crippen molar-refractivity contribution in [2.45, 2.75) is 11.3 Å². The largest absolute Gasteiger partial charge is 0.419 e. The Hall–Kier alpha value is -2.61. The summed E-state index contributed by atoms with van der Waals surface area (Å²) in [4.78, 5) is 16.9. The third kappa shape index (κ3) is 3.69. The van der Waals surface area contributed by atoms with E-state index in [0.29, 0.717) is 0 Å². The van der Waals surface area contributed by atoms with Crippen LogP contribution in [0.1, 0.15) is 15.9 Å². The highest BCUT2D eigenvalue weighted by atomic mass is 32.2. The molecule has 0 bridgehead atoms. The third-order valence-electron chi connectivity index (χ3n) is 4.10. The van der Waals surface area contributed by atoms with Gasteiger partial charge in [0.05, 0.1) is 11.1 Å². The summed E-state index contributed by atoms with van der Waals surface area (Å²) in [6.07, 6.45) is -4.10. The van der Waals surface area contributed by atoms with E-state index in [-0.39, 0.29) is 43.5 Å². The van der Waals surface area contributed by atoms with E-state index < -0.39 is 44.9 Å². The maximum atomic E-state index is 14.0. The maximum absolute atomic E-state index is 14.0. The van der Waals surface area contributed by atoms with Crippen LogP contribution in [0.4, 0.5) is 22.0 Å². The lowest BCUT2D eigenvalue weighted by Crippen LogP contribution is -2.50. The minimum atomic E-state index is -5.10. The molecule has 152 valence electrons. The molecule has 0 saturated carbocycles. The van der Waals surface area contributed by atoms with Crippen molar-refractivity contribution in [2.24, 2.45) is 0 Å². The normalized spacial score (nSPS) is 16.4. The molecule has 2 aromatic rings. The molecule has 1 saturated heterocycles. The molecule has 1 amide bonds. The number of piperazine rings is 1. The fraction of sp³-hybridized carbons (Fsp3) is 0.357. The number of amides is 1. The lowest BCUT2D eigenvalue weighted by atomic mass is 10.1. The molecule has 0 unspecified atom stereocenters. The number of aromatic nitrogens is 3. The molecular formula is C14H12F5N5O3S. The van der Waals surface area contributed by atoms with E-state index in [1.807, 2.05) is 0 Å². The Bertz CT molecular complexity index is 986. The summed E-state index contributed by atoms with van der Waals surface area (Å²) in [5, 5.41) is 5.27. The lowest BCUT2D eigenvalue weighted by Gasteiger charge is -2.33. The van der Waals surface area contributed by atoms with Gasteiger partial charge in [0.1, 0.15) is 18.0 Å². The monoisotopic (exact) mass is 425 g/mol. The summed E-state index contributed by atoms with van der Waals surface area (Å²) >= 11 is 0. The molecule has 1 aliphatic rings. The highest BCUT2D eigenvalue weighted by Crippen LogP contribution is 2.33. The molecule has 1 N–H and O–H groups in total. The fourth-order valence-electron chi connectivity index (χ4n) is 2.67. The van der Waals surface area contributed by atoms with Crippen LogP contribution in [0.25, 0.3) is 0 Å². The first kappa shape index (κ1) is 20.1. The zero-order valence-electron chi connectivity index (χ0n) is 13.9. The Morgan fingerprint density at radius 1 is 1.07 bits per heavy atom. The fourth-order valence-corrected chi connectivity index (χ4v) is 3.91. The van der Waals surface area contributed by atoms with Crippen LogP contribution in [0.15, 0.2) is 23.6 Å². The number of rotatable bonds is 3. The van der Waals surface area contributed by atoms with Gasteiger partial charge >= 0.3 is 6.18 Å². The molecule has 8 nitrogen and oxygen atoms in total. The van der Waals surface area contributed by atoms with Crippen molar-refractivity contribution in [1.82, 2.24) is 24.4 Å². The van der Waals surface area contributed by atoms with Crippen LogP contribution in [-0.4, -0.2) is 64.9 Å². The van der Waals surface area contributed by atoms with Crippen LogP contribution < -0.4 is 0 Å². The van der Waals surface area contributed by atoms with Crippen LogP contribution in [0.5, 0.6) is 0 Å². The van der Waals surface area contributed by atoms with Gasteiger partial charge in [-0.2, -0.15) is 22.6 Å². The van der Waals surface area contributed by atoms with Crippen molar-refractivity contribution in [2.75, 3.05) is 26.2 Å². The SMILES string of the molecule is O=C(c1cc(F)c(C(F)(F)F)cc1F)N1CCN(S(=O)(=O)c2ncn[nH]2)CC1. The van der Waals surface area contributed by atoms with Crippen LogP contribution in [0.3, 0.4) is 0 Å². The van der Waals surface area contributed by atoms with Crippen molar-refractivity contribution < 1.29 is 35.2 Å². The van der Waals surface area contributed by atoms with Crippen LogP contribution >= 0.6 is 0 Å². The van der Waals surface area contributed by atoms with Crippen molar-refractivity contribution in [3.05, 3.63) is 41.2 Å². The molecule has 2 heterocycles. The quantitative estimate of drug-likeness (QED) is 0.747. The number of carbonyl (C=O) groups excluding carboxylic acids is 1. The second-order valence-electron chi connectivity index (χ2n) is 5.80. The number of hydrogen-bond acceptors (Lipinski definition) is 5. The number of H-pyrrole nitrogens is 1. The Labute approximate surface area is 155 Å². The van der Waals surface area contributed by atoms with Gasteiger partial charge in [0.15, 0.2) is 0 Å². The molecular weight excluding hydrogens is 413 g/mol. The first-order valence-electron chi connectivity index (χ1n) is 7.73. The van der Waals surface area contributed by atoms with Gasteiger partial charge in [0.2, 0.25) is 0 Å². The molecule has 0 spiro atoms. The van der Waals surface area contributed by atoms with Gasteiger partial charge in [-0.05, 0) is 12.1 Å². The summed E-state index contributed by atoms with van der Waals surface area (Å²) in [5.74, 6) is -4.33. The second kappa shape index (κ2) is 7.09. The minimum Gasteiger partial charge on any atom is -0.336 e. The number of aromatic amines is 1. The predicted molar refractivity (Wildman–Crippen MR) is 82.4 cm³/mol. The zero-order valence-corrected chi connectivity index (χ0v) is 14.7. The Morgan fingerprint density at radius 3 is 2.25 bits per heavy atom. The third-order valence-corrected chi connectivity index (χ3v) is 5.83. The summed E-state index contributed by atoms with van der Waals surface area (Å²) in [6.45, 7) is -0.679. The Kier molecular flexibility index (Phi) is 5.10. The van der Waals surface area contributed by atoms with Crippen molar-refractivity contribution in [3.63, 3.8) is 0 Å². The average Bonchev–Trinajstić information content (AvgIpc) is 3.17. The molecule has 14 heteroatoms. The molecule has 1 aliphatic heterocycles. The number of nitrogens with one attached hydrogen (secondary N) is 1. The van der Waals surface area contributed by atoms with E-state index >= 15 is 0 Å². The summed E-state index contributed by atoms with van der Waals surface area (Å²) in [6, 6.07) is 0.116. The van der Waals surface area contributed by atoms with Crippen molar-refractivity contribution in [3.8, 4) is 0 Å². The molecule has 1 aromatic heterocycles. The number of alkyl halides is 3. The van der Waals surface area contributed by atoms with Crippen LogP contribution in [0, 0.1) is 11.6 Å². The topological polar surface area (TPSA) is 99.3 Å². The van der Waals surface area contributed by atoms with Gasteiger partial charge in [-0.1, -0.05) is 0 Å². The number of carbonyl (C=O) groups is 1. The van der Waals surface area contributed by atoms with Crippen LogP contribution in [-0.2, 0) is 16.2 Å².